The maximum Gasteiger partial charge on any atom is 0.257 e. The first-order chi connectivity index (χ1) is 11.9. The number of hydrogen-bond donors (Lipinski definition) is 4. The van der Waals surface area contributed by atoms with E-state index in [1.165, 1.54) is 0 Å². The van der Waals surface area contributed by atoms with Crippen molar-refractivity contribution in [3.8, 4) is 0 Å². The first-order valence-electron chi connectivity index (χ1n) is 7.44. The highest BCUT2D eigenvalue weighted by molar-refractivity contribution is 7.80. The molecule has 0 fully saturated rings. The van der Waals surface area contributed by atoms with Crippen LogP contribution >= 0.6 is 23.8 Å². The minimum atomic E-state index is -0.327. The van der Waals surface area contributed by atoms with E-state index in [0.717, 1.165) is 5.69 Å². The van der Waals surface area contributed by atoms with Gasteiger partial charge in [-0.05, 0) is 54.7 Å². The number of rotatable bonds is 5. The third-order valence-corrected chi connectivity index (χ3v) is 3.93. The number of hydrogen-bond acceptors (Lipinski definition) is 4. The van der Waals surface area contributed by atoms with Crippen LogP contribution in [0.25, 0.3) is 0 Å². The van der Waals surface area contributed by atoms with Crippen molar-refractivity contribution in [1.82, 2.24) is 5.32 Å². The molecule has 2 rings (SSSR count). The maximum atomic E-state index is 12.5. The number of carbonyl (C=O) groups is 1. The molecular weight excluding hydrogens is 360 g/mol. The summed E-state index contributed by atoms with van der Waals surface area (Å²) in [7, 11) is 3.89. The summed E-state index contributed by atoms with van der Waals surface area (Å²) in [5, 5.41) is 17.6. The molecule has 1 amide bonds. The predicted molar refractivity (Wildman–Crippen MR) is 107 cm³/mol. The summed E-state index contributed by atoms with van der Waals surface area (Å²) < 4.78 is 0. The molecule has 0 spiro atoms. The zero-order valence-corrected chi connectivity index (χ0v) is 15.4. The van der Waals surface area contributed by atoms with Crippen molar-refractivity contribution in [3.05, 3.63) is 53.1 Å². The van der Waals surface area contributed by atoms with Crippen molar-refractivity contribution < 1.29 is 9.90 Å². The third-order valence-electron chi connectivity index (χ3n) is 3.35. The van der Waals surface area contributed by atoms with Gasteiger partial charge in [0.2, 0.25) is 0 Å². The van der Waals surface area contributed by atoms with Crippen molar-refractivity contribution in [2.24, 2.45) is 0 Å². The second-order valence-electron chi connectivity index (χ2n) is 5.38. The van der Waals surface area contributed by atoms with Gasteiger partial charge in [-0.1, -0.05) is 11.6 Å². The van der Waals surface area contributed by atoms with E-state index in [1.807, 2.05) is 43.3 Å². The fourth-order valence-corrected chi connectivity index (χ4v) is 2.45. The molecule has 0 atom stereocenters. The molecule has 8 heteroatoms. The molecule has 0 aliphatic carbocycles. The van der Waals surface area contributed by atoms with Crippen molar-refractivity contribution in [3.63, 3.8) is 0 Å². The predicted octanol–water partition coefficient (Wildman–Crippen LogP) is 2.89. The molecule has 0 aliphatic heterocycles. The van der Waals surface area contributed by atoms with Crippen LogP contribution in [0.2, 0.25) is 5.02 Å². The van der Waals surface area contributed by atoms with Gasteiger partial charge < -0.3 is 26.0 Å². The van der Waals surface area contributed by atoms with E-state index in [1.54, 1.807) is 18.2 Å². The Labute approximate surface area is 156 Å². The molecule has 2 aromatic carbocycles. The van der Waals surface area contributed by atoms with Gasteiger partial charge in [0.1, 0.15) is 6.73 Å². The summed E-state index contributed by atoms with van der Waals surface area (Å²) in [5.41, 5.74) is 2.60. The van der Waals surface area contributed by atoms with Crippen LogP contribution in [0.3, 0.4) is 0 Å². The van der Waals surface area contributed by atoms with Gasteiger partial charge in [0, 0.05) is 31.2 Å². The Morgan fingerprint density at radius 2 is 1.76 bits per heavy atom. The van der Waals surface area contributed by atoms with Gasteiger partial charge in [0.05, 0.1) is 10.6 Å². The van der Waals surface area contributed by atoms with Crippen molar-refractivity contribution in [2.75, 3.05) is 36.4 Å². The average molecular weight is 379 g/mol. The Morgan fingerprint density at radius 1 is 1.12 bits per heavy atom. The molecule has 25 heavy (non-hydrogen) atoms. The lowest BCUT2D eigenvalue weighted by atomic mass is 10.1. The molecule has 0 aromatic heterocycles. The molecule has 2 aromatic rings. The Balaban J connectivity index is 2.13. The van der Waals surface area contributed by atoms with Crippen molar-refractivity contribution >= 4 is 51.9 Å². The van der Waals surface area contributed by atoms with E-state index in [9.17, 15) is 4.79 Å². The monoisotopic (exact) mass is 378 g/mol. The van der Waals surface area contributed by atoms with Crippen LogP contribution in [0.5, 0.6) is 0 Å². The lowest BCUT2D eigenvalue weighted by Gasteiger charge is -2.14. The largest absolute Gasteiger partial charge is 0.378 e. The van der Waals surface area contributed by atoms with Crippen LogP contribution in [-0.2, 0) is 0 Å². The number of anilines is 3. The molecule has 0 bridgehead atoms. The Morgan fingerprint density at radius 3 is 2.36 bits per heavy atom. The Kier molecular flexibility index (Phi) is 6.58. The molecule has 4 N–H and O–H groups in total. The van der Waals surface area contributed by atoms with E-state index in [2.05, 4.69) is 16.0 Å². The SMILES string of the molecule is CN(C)c1ccc(NC(=O)c2cc(NC(=S)NCO)ccc2Cl)cc1. The summed E-state index contributed by atoms with van der Waals surface area (Å²) in [6.07, 6.45) is 0. The molecule has 0 saturated heterocycles. The fraction of sp³-hybridized carbons (Fsp3) is 0.176. The van der Waals surface area contributed by atoms with Crippen LogP contribution < -0.4 is 20.9 Å². The minimum absolute atomic E-state index is 0.246. The summed E-state index contributed by atoms with van der Waals surface area (Å²) in [4.78, 5) is 14.5. The van der Waals surface area contributed by atoms with Crippen molar-refractivity contribution in [1.29, 1.82) is 0 Å². The third kappa shape index (κ3) is 5.32. The van der Waals surface area contributed by atoms with E-state index in [4.69, 9.17) is 28.9 Å². The summed E-state index contributed by atoms with van der Waals surface area (Å²) in [5.74, 6) is -0.327. The van der Waals surface area contributed by atoms with E-state index in [0.29, 0.717) is 22.0 Å². The quantitative estimate of drug-likeness (QED) is 0.473. The van der Waals surface area contributed by atoms with Gasteiger partial charge in [-0.2, -0.15) is 0 Å². The number of carbonyl (C=O) groups excluding carboxylic acids is 1. The molecule has 0 radical (unpaired) electrons. The number of aliphatic hydroxyl groups is 1. The zero-order chi connectivity index (χ0) is 18.4. The molecular formula is C17H19ClN4O2S. The van der Waals surface area contributed by atoms with E-state index >= 15 is 0 Å². The molecule has 6 nitrogen and oxygen atoms in total. The van der Waals surface area contributed by atoms with E-state index < -0.39 is 0 Å². The maximum absolute atomic E-state index is 12.5. The van der Waals surface area contributed by atoms with Gasteiger partial charge in [-0.15, -0.1) is 0 Å². The lowest BCUT2D eigenvalue weighted by Crippen LogP contribution is -2.29. The second kappa shape index (κ2) is 8.66. The molecule has 0 heterocycles. The average Bonchev–Trinajstić information content (AvgIpc) is 2.57. The van der Waals surface area contributed by atoms with Gasteiger partial charge in [-0.25, -0.2) is 0 Å². The molecule has 0 aliphatic rings. The molecule has 0 saturated carbocycles. The first-order valence-corrected chi connectivity index (χ1v) is 8.23. The number of amides is 1. The number of halogens is 1. The number of nitrogens with one attached hydrogen (secondary N) is 3. The van der Waals surface area contributed by atoms with Crippen LogP contribution in [0.1, 0.15) is 10.4 Å². The highest BCUT2D eigenvalue weighted by Gasteiger charge is 2.12. The summed E-state index contributed by atoms with van der Waals surface area (Å²) in [6.45, 7) is -0.282. The van der Waals surface area contributed by atoms with Gasteiger partial charge in [0.15, 0.2) is 5.11 Å². The van der Waals surface area contributed by atoms with Gasteiger partial charge >= 0.3 is 0 Å². The number of nitrogens with zero attached hydrogens (tertiary/aromatic N) is 1. The van der Waals surface area contributed by atoms with Crippen LogP contribution in [-0.4, -0.2) is 37.0 Å². The standard InChI is InChI=1S/C17H19ClN4O2S/c1-22(2)13-6-3-11(4-7-13)20-16(24)14-9-12(5-8-15(14)18)21-17(25)19-10-23/h3-9,23H,10H2,1-2H3,(H,20,24)(H2,19,21,25). The Bertz CT molecular complexity index is 766. The highest BCUT2D eigenvalue weighted by Crippen LogP contribution is 2.23. The van der Waals surface area contributed by atoms with Crippen LogP contribution in [0, 0.1) is 0 Å². The van der Waals surface area contributed by atoms with Crippen LogP contribution in [0.4, 0.5) is 17.1 Å². The zero-order valence-electron chi connectivity index (χ0n) is 13.8. The fourth-order valence-electron chi connectivity index (χ4n) is 2.07. The topological polar surface area (TPSA) is 76.6 Å². The number of thiocarbonyl (C=S) groups is 1. The Hall–Kier alpha value is -2.35. The first kappa shape index (κ1) is 19.0. The van der Waals surface area contributed by atoms with Crippen LogP contribution in [0.15, 0.2) is 42.5 Å². The summed E-state index contributed by atoms with van der Waals surface area (Å²) >= 11 is 11.1. The molecule has 0 unspecified atom stereocenters. The van der Waals surface area contributed by atoms with Gasteiger partial charge in [0.25, 0.3) is 5.91 Å². The summed E-state index contributed by atoms with van der Waals surface area (Å²) in [6, 6.07) is 12.4. The van der Waals surface area contributed by atoms with Crippen molar-refractivity contribution in [2.45, 2.75) is 0 Å². The number of benzene rings is 2. The highest BCUT2D eigenvalue weighted by atomic mass is 35.5. The smallest absolute Gasteiger partial charge is 0.257 e. The van der Waals surface area contributed by atoms with Gasteiger partial charge in [-0.3, -0.25) is 4.79 Å². The molecule has 132 valence electrons. The lowest BCUT2D eigenvalue weighted by molar-refractivity contribution is 0.102. The normalized spacial score (nSPS) is 10.1. The minimum Gasteiger partial charge on any atom is -0.378 e. The van der Waals surface area contributed by atoms with E-state index in [-0.39, 0.29) is 17.8 Å². The number of aliphatic hydroxyl groups excluding tert-OH is 1. The second-order valence-corrected chi connectivity index (χ2v) is 6.19.